The molecule has 18 heavy (non-hydrogen) atoms. The summed E-state index contributed by atoms with van der Waals surface area (Å²) in [5, 5.41) is 3.13. The first-order valence-corrected chi connectivity index (χ1v) is 7.94. The first-order valence-electron chi connectivity index (χ1n) is 5.87. The molecular weight excluding hydrogens is 310 g/mol. The van der Waals surface area contributed by atoms with E-state index in [9.17, 15) is 0 Å². The smallest absolute Gasteiger partial charge is 0.118 e. The summed E-state index contributed by atoms with van der Waals surface area (Å²) in [7, 11) is 1.69. The number of alkyl halides is 1. The van der Waals surface area contributed by atoms with E-state index in [2.05, 4.69) is 38.4 Å². The van der Waals surface area contributed by atoms with Crippen LogP contribution in [0.5, 0.6) is 5.75 Å². The fourth-order valence-corrected chi connectivity index (χ4v) is 2.94. The van der Waals surface area contributed by atoms with Gasteiger partial charge in [-0.25, -0.2) is 4.98 Å². The predicted molar refractivity (Wildman–Crippen MR) is 79.8 cm³/mol. The molecule has 0 bridgehead atoms. The van der Waals surface area contributed by atoms with Crippen LogP contribution in [0.4, 0.5) is 0 Å². The minimum Gasteiger partial charge on any atom is -0.497 e. The summed E-state index contributed by atoms with van der Waals surface area (Å²) in [5.74, 6) is 1.49. The first-order chi connectivity index (χ1) is 8.81. The van der Waals surface area contributed by atoms with E-state index in [0.717, 1.165) is 23.9 Å². The Balaban J connectivity index is 1.96. The molecule has 2 nitrogen and oxygen atoms in total. The highest BCUT2D eigenvalue weighted by molar-refractivity contribution is 9.09. The second-order valence-corrected chi connectivity index (χ2v) is 5.62. The highest BCUT2D eigenvalue weighted by Gasteiger charge is 2.10. The van der Waals surface area contributed by atoms with E-state index >= 15 is 0 Å². The normalized spacial score (nSPS) is 12.3. The summed E-state index contributed by atoms with van der Waals surface area (Å²) in [4.78, 5) is 4.35. The number of nitrogens with zero attached hydrogens (tertiary/aromatic N) is 1. The van der Waals surface area contributed by atoms with Gasteiger partial charge in [-0.2, -0.15) is 0 Å². The van der Waals surface area contributed by atoms with Crippen molar-refractivity contribution in [2.75, 3.05) is 12.4 Å². The lowest BCUT2D eigenvalue weighted by molar-refractivity contribution is 0.414. The summed E-state index contributed by atoms with van der Waals surface area (Å²) in [6.45, 7) is 0. The monoisotopic (exact) mass is 325 g/mol. The van der Waals surface area contributed by atoms with Crippen LogP contribution in [0.1, 0.15) is 11.3 Å². The second-order valence-electron chi connectivity index (χ2n) is 4.26. The Morgan fingerprint density at radius 1 is 1.28 bits per heavy atom. The molecule has 0 radical (unpaired) electrons. The maximum Gasteiger partial charge on any atom is 0.118 e. The third-order valence-corrected chi connectivity index (χ3v) is 4.43. The Morgan fingerprint density at radius 2 is 2.06 bits per heavy atom. The number of halogens is 1. The number of aromatic nitrogens is 1. The number of hydrogen-bond donors (Lipinski definition) is 0. The van der Waals surface area contributed by atoms with Gasteiger partial charge in [0.05, 0.1) is 18.3 Å². The maximum absolute atomic E-state index is 5.17. The van der Waals surface area contributed by atoms with Crippen LogP contribution in [0.2, 0.25) is 0 Å². The summed E-state index contributed by atoms with van der Waals surface area (Å²) in [6.07, 6.45) is 2.09. The largest absolute Gasteiger partial charge is 0.497 e. The summed E-state index contributed by atoms with van der Waals surface area (Å²) in [5.41, 5.74) is 4.43. The molecular formula is C14H16BrNOS. The molecule has 0 aliphatic carbocycles. The lowest BCUT2D eigenvalue weighted by atomic mass is 9.97. The van der Waals surface area contributed by atoms with Crippen LogP contribution in [-0.4, -0.2) is 17.4 Å². The van der Waals surface area contributed by atoms with Crippen molar-refractivity contribution in [3.63, 3.8) is 0 Å². The Hall–Kier alpha value is -0.870. The Morgan fingerprint density at radius 3 is 2.61 bits per heavy atom. The van der Waals surface area contributed by atoms with Crippen molar-refractivity contribution in [3.8, 4) is 5.75 Å². The van der Waals surface area contributed by atoms with Crippen LogP contribution in [0, 0.1) is 5.92 Å². The molecule has 0 saturated heterocycles. The number of benzene rings is 1. The van der Waals surface area contributed by atoms with E-state index in [1.54, 1.807) is 18.4 Å². The highest BCUT2D eigenvalue weighted by Crippen LogP contribution is 2.19. The van der Waals surface area contributed by atoms with E-state index in [1.807, 2.05) is 17.6 Å². The fraction of sp³-hybridized carbons (Fsp3) is 0.357. The van der Waals surface area contributed by atoms with Crippen molar-refractivity contribution in [1.82, 2.24) is 4.98 Å². The second kappa shape index (κ2) is 6.90. The van der Waals surface area contributed by atoms with E-state index in [1.165, 1.54) is 11.3 Å². The molecule has 96 valence electrons. The number of rotatable bonds is 6. The quantitative estimate of drug-likeness (QED) is 0.750. The van der Waals surface area contributed by atoms with Crippen LogP contribution in [0.3, 0.4) is 0 Å². The minimum atomic E-state index is 0.584. The van der Waals surface area contributed by atoms with Crippen molar-refractivity contribution in [3.05, 3.63) is 46.4 Å². The molecule has 1 atom stereocenters. The average Bonchev–Trinajstić information content (AvgIpc) is 2.91. The molecule has 0 aliphatic rings. The molecule has 0 fully saturated rings. The number of ether oxygens (including phenoxy) is 1. The fourth-order valence-electron chi connectivity index (χ4n) is 1.91. The van der Waals surface area contributed by atoms with Crippen molar-refractivity contribution >= 4 is 27.3 Å². The molecule has 0 N–H and O–H groups in total. The van der Waals surface area contributed by atoms with Crippen LogP contribution >= 0.6 is 27.3 Å². The van der Waals surface area contributed by atoms with Crippen molar-refractivity contribution in [2.24, 2.45) is 5.92 Å². The van der Waals surface area contributed by atoms with Crippen LogP contribution < -0.4 is 4.74 Å². The van der Waals surface area contributed by atoms with E-state index in [0.29, 0.717) is 5.92 Å². The van der Waals surface area contributed by atoms with E-state index in [4.69, 9.17) is 4.74 Å². The number of hydrogen-bond acceptors (Lipinski definition) is 3. The summed E-state index contributed by atoms with van der Waals surface area (Å²) >= 11 is 5.26. The van der Waals surface area contributed by atoms with Gasteiger partial charge in [0.1, 0.15) is 5.75 Å². The topological polar surface area (TPSA) is 22.1 Å². The number of methoxy groups -OCH3 is 1. The Bertz CT molecular complexity index is 455. The average molecular weight is 326 g/mol. The standard InChI is InChI=1S/C14H16BrNOS/c1-17-14-4-2-11(3-5-14)6-12(8-15)7-13-9-18-10-16-13/h2-5,9-10,12H,6-8H2,1H3. The van der Waals surface area contributed by atoms with Crippen LogP contribution in [0.25, 0.3) is 0 Å². The minimum absolute atomic E-state index is 0.584. The van der Waals surface area contributed by atoms with Gasteiger partial charge in [0.2, 0.25) is 0 Å². The van der Waals surface area contributed by atoms with E-state index in [-0.39, 0.29) is 0 Å². The zero-order valence-electron chi connectivity index (χ0n) is 10.3. The lowest BCUT2D eigenvalue weighted by Crippen LogP contribution is -2.10. The molecule has 0 spiro atoms. The van der Waals surface area contributed by atoms with Gasteiger partial charge in [-0.3, -0.25) is 0 Å². The third-order valence-electron chi connectivity index (χ3n) is 2.88. The van der Waals surface area contributed by atoms with Gasteiger partial charge in [-0.15, -0.1) is 11.3 Å². The van der Waals surface area contributed by atoms with Gasteiger partial charge in [-0.05, 0) is 36.5 Å². The lowest BCUT2D eigenvalue weighted by Gasteiger charge is -2.13. The Kier molecular flexibility index (Phi) is 5.20. The highest BCUT2D eigenvalue weighted by atomic mass is 79.9. The molecule has 0 saturated carbocycles. The molecule has 2 aromatic rings. The van der Waals surface area contributed by atoms with Gasteiger partial charge in [-0.1, -0.05) is 28.1 Å². The van der Waals surface area contributed by atoms with Crippen LogP contribution in [0.15, 0.2) is 35.2 Å². The van der Waals surface area contributed by atoms with Crippen molar-refractivity contribution < 1.29 is 4.74 Å². The summed E-state index contributed by atoms with van der Waals surface area (Å²) < 4.78 is 5.17. The molecule has 1 aromatic heterocycles. The maximum atomic E-state index is 5.17. The molecule has 1 aromatic carbocycles. The first kappa shape index (κ1) is 13.6. The summed E-state index contributed by atoms with van der Waals surface area (Å²) in [6, 6.07) is 8.30. The van der Waals surface area contributed by atoms with Crippen molar-refractivity contribution in [2.45, 2.75) is 12.8 Å². The zero-order valence-corrected chi connectivity index (χ0v) is 12.7. The van der Waals surface area contributed by atoms with Gasteiger partial charge < -0.3 is 4.74 Å². The molecule has 4 heteroatoms. The van der Waals surface area contributed by atoms with Crippen molar-refractivity contribution in [1.29, 1.82) is 0 Å². The third kappa shape index (κ3) is 3.82. The van der Waals surface area contributed by atoms with Crippen LogP contribution in [-0.2, 0) is 12.8 Å². The molecule has 1 unspecified atom stereocenters. The van der Waals surface area contributed by atoms with Gasteiger partial charge >= 0.3 is 0 Å². The molecule has 0 aliphatic heterocycles. The van der Waals surface area contributed by atoms with E-state index < -0.39 is 0 Å². The van der Waals surface area contributed by atoms with Gasteiger partial charge in [0.25, 0.3) is 0 Å². The van der Waals surface area contributed by atoms with Gasteiger partial charge in [0, 0.05) is 10.7 Å². The molecule has 1 heterocycles. The predicted octanol–water partition coefficient (Wildman–Crippen LogP) is 3.95. The Labute approximate surface area is 120 Å². The molecule has 2 rings (SSSR count). The van der Waals surface area contributed by atoms with Gasteiger partial charge in [0.15, 0.2) is 0 Å². The molecule has 0 amide bonds. The number of thiazole rings is 1. The zero-order chi connectivity index (χ0) is 12.8. The SMILES string of the molecule is COc1ccc(CC(CBr)Cc2cscn2)cc1.